The van der Waals surface area contributed by atoms with Crippen molar-refractivity contribution in [2.24, 2.45) is 5.73 Å². The number of carbonyl (C=O) groups excluding carboxylic acids is 1. The van der Waals surface area contributed by atoms with E-state index in [9.17, 15) is 4.79 Å². The van der Waals surface area contributed by atoms with Crippen LogP contribution in [0.2, 0.25) is 0 Å². The second-order valence-corrected chi connectivity index (χ2v) is 5.83. The summed E-state index contributed by atoms with van der Waals surface area (Å²) in [4.78, 5) is 11.5. The molecule has 1 amide bonds. The van der Waals surface area contributed by atoms with Crippen molar-refractivity contribution in [2.45, 2.75) is 38.3 Å². The lowest BCUT2D eigenvalue weighted by atomic mass is 10.1. The molecule has 5 heteroatoms. The van der Waals surface area contributed by atoms with Crippen LogP contribution in [0.3, 0.4) is 0 Å². The minimum atomic E-state index is -0.104. The van der Waals surface area contributed by atoms with E-state index in [0.717, 1.165) is 28.6 Å². The molecule has 0 heterocycles. The van der Waals surface area contributed by atoms with E-state index >= 15 is 0 Å². The maximum Gasteiger partial charge on any atom is 0.223 e. The van der Waals surface area contributed by atoms with Crippen LogP contribution in [0.1, 0.15) is 37.8 Å². The summed E-state index contributed by atoms with van der Waals surface area (Å²) in [5, 5.41) is 2.94. The Kier molecular flexibility index (Phi) is 4.82. The van der Waals surface area contributed by atoms with Gasteiger partial charge >= 0.3 is 0 Å². The molecule has 0 spiro atoms. The Balaban J connectivity index is 1.86. The molecule has 0 unspecified atom stereocenters. The largest absolute Gasteiger partial charge is 0.493 e. The van der Waals surface area contributed by atoms with Gasteiger partial charge in [-0.05, 0) is 38.0 Å². The fraction of sp³-hybridized carbons (Fsp3) is 0.500. The third kappa shape index (κ3) is 4.51. The Labute approximate surface area is 121 Å². The maximum absolute atomic E-state index is 11.5. The van der Waals surface area contributed by atoms with Gasteiger partial charge in [0.05, 0.1) is 13.0 Å². The highest BCUT2D eigenvalue weighted by Gasteiger charge is 2.22. The molecule has 1 aliphatic rings. The number of carbonyl (C=O) groups is 1. The van der Waals surface area contributed by atoms with Gasteiger partial charge < -0.3 is 15.8 Å². The van der Waals surface area contributed by atoms with Gasteiger partial charge in [0.15, 0.2) is 0 Å². The Morgan fingerprint density at radius 1 is 1.58 bits per heavy atom. The minimum Gasteiger partial charge on any atom is -0.493 e. The molecule has 1 saturated carbocycles. The van der Waals surface area contributed by atoms with Crippen molar-refractivity contribution in [1.29, 1.82) is 0 Å². The van der Waals surface area contributed by atoms with Gasteiger partial charge in [0.1, 0.15) is 5.75 Å². The zero-order valence-corrected chi connectivity index (χ0v) is 12.6. The Hall–Kier alpha value is -1.07. The van der Waals surface area contributed by atoms with Crippen LogP contribution in [0.25, 0.3) is 0 Å². The molecule has 0 saturated heterocycles. The molecule has 0 bridgehead atoms. The smallest absolute Gasteiger partial charge is 0.223 e. The summed E-state index contributed by atoms with van der Waals surface area (Å²) in [5.74, 6) is 0.805. The molecule has 1 atom stereocenters. The summed E-state index contributed by atoms with van der Waals surface area (Å²) in [6, 6.07) is 6.03. The number of benzene rings is 1. The summed E-state index contributed by atoms with van der Waals surface area (Å²) in [7, 11) is 0. The van der Waals surface area contributed by atoms with Crippen LogP contribution >= 0.6 is 15.9 Å². The first-order valence-electron chi connectivity index (χ1n) is 6.53. The number of amides is 1. The van der Waals surface area contributed by atoms with Crippen molar-refractivity contribution in [3.8, 4) is 5.75 Å². The molecule has 1 aromatic carbocycles. The fourth-order valence-corrected chi connectivity index (χ4v) is 2.17. The van der Waals surface area contributed by atoms with Crippen molar-refractivity contribution in [3.63, 3.8) is 0 Å². The molecule has 1 fully saturated rings. The highest BCUT2D eigenvalue weighted by Crippen LogP contribution is 2.27. The molecule has 19 heavy (non-hydrogen) atoms. The number of ether oxygens (including phenoxy) is 1. The summed E-state index contributed by atoms with van der Waals surface area (Å²) in [6.07, 6.45) is 2.59. The average molecular weight is 327 g/mol. The lowest BCUT2D eigenvalue weighted by Crippen LogP contribution is -2.26. The van der Waals surface area contributed by atoms with Crippen LogP contribution in [-0.2, 0) is 4.79 Å². The average Bonchev–Trinajstić information content (AvgIpc) is 3.14. The van der Waals surface area contributed by atoms with E-state index in [1.807, 2.05) is 25.1 Å². The van der Waals surface area contributed by atoms with E-state index in [-0.39, 0.29) is 11.9 Å². The van der Waals surface area contributed by atoms with Crippen LogP contribution in [0.15, 0.2) is 22.7 Å². The molecule has 1 aliphatic carbocycles. The Morgan fingerprint density at radius 2 is 2.32 bits per heavy atom. The number of halogens is 1. The van der Waals surface area contributed by atoms with Gasteiger partial charge in [-0.2, -0.15) is 0 Å². The van der Waals surface area contributed by atoms with E-state index in [4.69, 9.17) is 10.5 Å². The van der Waals surface area contributed by atoms with E-state index in [1.165, 1.54) is 0 Å². The zero-order valence-electron chi connectivity index (χ0n) is 11.0. The van der Waals surface area contributed by atoms with Crippen molar-refractivity contribution in [1.82, 2.24) is 5.32 Å². The number of hydrogen-bond donors (Lipinski definition) is 2. The van der Waals surface area contributed by atoms with Gasteiger partial charge in [-0.3, -0.25) is 4.79 Å². The molecule has 3 N–H and O–H groups in total. The number of rotatable bonds is 6. The van der Waals surface area contributed by atoms with E-state index in [1.54, 1.807) is 0 Å². The SMILES string of the molecule is C[C@@H](N)c1cc(Br)ccc1OCCC(=O)NC1CC1. The summed E-state index contributed by atoms with van der Waals surface area (Å²) >= 11 is 3.41. The molecule has 104 valence electrons. The van der Waals surface area contributed by atoms with Gasteiger partial charge in [0.25, 0.3) is 0 Å². The Morgan fingerprint density at radius 3 is 2.95 bits per heavy atom. The van der Waals surface area contributed by atoms with Gasteiger partial charge in [0, 0.05) is 22.1 Å². The van der Waals surface area contributed by atoms with Crippen molar-refractivity contribution in [2.75, 3.05) is 6.61 Å². The lowest BCUT2D eigenvalue weighted by molar-refractivity contribution is -0.121. The first kappa shape index (κ1) is 14.3. The Bertz CT molecular complexity index is 459. The third-order valence-electron chi connectivity index (χ3n) is 2.99. The highest BCUT2D eigenvalue weighted by molar-refractivity contribution is 9.10. The van der Waals surface area contributed by atoms with Crippen LogP contribution in [0.4, 0.5) is 0 Å². The van der Waals surface area contributed by atoms with Gasteiger partial charge in [0.2, 0.25) is 5.91 Å². The second kappa shape index (κ2) is 6.39. The molecule has 4 nitrogen and oxygen atoms in total. The quantitative estimate of drug-likeness (QED) is 0.844. The summed E-state index contributed by atoms with van der Waals surface area (Å²) in [5.41, 5.74) is 6.85. The standard InChI is InChI=1S/C14H19BrN2O2/c1-9(16)12-8-10(15)2-5-13(12)19-7-6-14(18)17-11-3-4-11/h2,5,8-9,11H,3-4,6-7,16H2,1H3,(H,17,18)/t9-/m1/s1. The predicted molar refractivity (Wildman–Crippen MR) is 78.0 cm³/mol. The monoisotopic (exact) mass is 326 g/mol. The lowest BCUT2D eigenvalue weighted by Gasteiger charge is -2.14. The van der Waals surface area contributed by atoms with Crippen molar-refractivity contribution < 1.29 is 9.53 Å². The van der Waals surface area contributed by atoms with E-state index in [0.29, 0.717) is 19.1 Å². The number of nitrogens with two attached hydrogens (primary N) is 1. The van der Waals surface area contributed by atoms with Gasteiger partial charge in [-0.15, -0.1) is 0 Å². The van der Waals surface area contributed by atoms with E-state index in [2.05, 4.69) is 21.2 Å². The molecular weight excluding hydrogens is 308 g/mol. The number of nitrogens with one attached hydrogen (secondary N) is 1. The first-order valence-corrected chi connectivity index (χ1v) is 7.33. The molecule has 2 rings (SSSR count). The zero-order chi connectivity index (χ0) is 13.8. The molecule has 1 aromatic rings. The predicted octanol–water partition coefficient (Wildman–Crippen LogP) is 2.52. The normalized spacial score (nSPS) is 15.9. The van der Waals surface area contributed by atoms with Crippen LogP contribution < -0.4 is 15.8 Å². The highest BCUT2D eigenvalue weighted by atomic mass is 79.9. The second-order valence-electron chi connectivity index (χ2n) is 4.91. The molecule has 0 aromatic heterocycles. The molecule has 0 radical (unpaired) electrons. The van der Waals surface area contributed by atoms with Crippen LogP contribution in [0.5, 0.6) is 5.75 Å². The van der Waals surface area contributed by atoms with E-state index < -0.39 is 0 Å². The fourth-order valence-electron chi connectivity index (χ4n) is 1.79. The minimum absolute atomic E-state index is 0.0574. The van der Waals surface area contributed by atoms with Crippen LogP contribution in [0, 0.1) is 0 Å². The molecular formula is C14H19BrN2O2. The van der Waals surface area contributed by atoms with Crippen molar-refractivity contribution in [3.05, 3.63) is 28.2 Å². The molecule has 0 aliphatic heterocycles. The topological polar surface area (TPSA) is 64.3 Å². The first-order chi connectivity index (χ1) is 9.06. The third-order valence-corrected chi connectivity index (χ3v) is 3.48. The number of hydrogen-bond acceptors (Lipinski definition) is 3. The summed E-state index contributed by atoms with van der Waals surface area (Å²) < 4.78 is 6.64. The van der Waals surface area contributed by atoms with Crippen molar-refractivity contribution >= 4 is 21.8 Å². The summed E-state index contributed by atoms with van der Waals surface area (Å²) in [6.45, 7) is 2.29. The van der Waals surface area contributed by atoms with Gasteiger partial charge in [-0.25, -0.2) is 0 Å². The van der Waals surface area contributed by atoms with Crippen LogP contribution in [-0.4, -0.2) is 18.6 Å². The van der Waals surface area contributed by atoms with Gasteiger partial charge in [-0.1, -0.05) is 15.9 Å². The maximum atomic E-state index is 11.5.